The Balaban J connectivity index is 2.93. The summed E-state index contributed by atoms with van der Waals surface area (Å²) < 4.78 is 13.2. The van der Waals surface area contributed by atoms with Crippen molar-refractivity contribution in [3.63, 3.8) is 0 Å². The van der Waals surface area contributed by atoms with E-state index in [1.807, 2.05) is 5.32 Å². The van der Waals surface area contributed by atoms with Crippen molar-refractivity contribution in [3.8, 4) is 5.75 Å². The van der Waals surface area contributed by atoms with Gasteiger partial charge in [0.15, 0.2) is 0 Å². The molecule has 0 bridgehead atoms. The molecular formula is C10H10FNO4. The second-order valence-electron chi connectivity index (χ2n) is 3.17. The van der Waals surface area contributed by atoms with Gasteiger partial charge in [-0.3, -0.25) is 9.59 Å². The highest BCUT2D eigenvalue weighted by atomic mass is 19.1. The third-order valence-electron chi connectivity index (χ3n) is 1.94. The van der Waals surface area contributed by atoms with Gasteiger partial charge in [-0.2, -0.15) is 0 Å². The molecule has 0 aliphatic rings. The molecule has 1 unspecified atom stereocenters. The average Bonchev–Trinajstić information content (AvgIpc) is 2.16. The van der Waals surface area contributed by atoms with Crippen molar-refractivity contribution in [2.24, 2.45) is 0 Å². The number of hydrogen-bond donors (Lipinski definition) is 3. The molecule has 0 spiro atoms. The number of carbonyl (C=O) groups excluding carboxylic acids is 1. The fraction of sp³-hybridized carbons (Fsp3) is 0.200. The summed E-state index contributed by atoms with van der Waals surface area (Å²) in [6, 6.07) is 2.22. The molecule has 0 fully saturated rings. The largest absolute Gasteiger partial charge is 0.507 e. The first kappa shape index (κ1) is 12.0. The molecule has 0 heterocycles. The van der Waals surface area contributed by atoms with Crippen molar-refractivity contribution in [1.82, 2.24) is 5.32 Å². The molecule has 1 aromatic rings. The van der Waals surface area contributed by atoms with Gasteiger partial charge in [-0.05, 0) is 19.1 Å². The Kier molecular flexibility index (Phi) is 3.44. The standard InChI is InChI=1S/C10H10FNO4/c1-5(10(15)16)12-9(14)8-6(11)3-2-4-7(8)13/h2-5,13H,1H3,(H,12,14)(H,15,16). The number of hydrogen-bond acceptors (Lipinski definition) is 3. The quantitative estimate of drug-likeness (QED) is 0.710. The summed E-state index contributed by atoms with van der Waals surface area (Å²) in [5.74, 6) is -3.65. The number of aromatic hydroxyl groups is 1. The summed E-state index contributed by atoms with van der Waals surface area (Å²) in [7, 11) is 0. The van der Waals surface area contributed by atoms with E-state index in [-0.39, 0.29) is 0 Å². The number of phenols is 1. The minimum Gasteiger partial charge on any atom is -0.507 e. The highest BCUT2D eigenvalue weighted by Gasteiger charge is 2.20. The van der Waals surface area contributed by atoms with Gasteiger partial charge >= 0.3 is 5.97 Å². The van der Waals surface area contributed by atoms with Crippen LogP contribution in [0, 0.1) is 5.82 Å². The fourth-order valence-electron chi connectivity index (χ4n) is 1.07. The summed E-state index contributed by atoms with van der Waals surface area (Å²) in [6.45, 7) is 1.23. The van der Waals surface area contributed by atoms with Gasteiger partial charge in [0, 0.05) is 0 Å². The lowest BCUT2D eigenvalue weighted by Crippen LogP contribution is -2.38. The summed E-state index contributed by atoms with van der Waals surface area (Å²) in [4.78, 5) is 21.9. The zero-order valence-electron chi connectivity index (χ0n) is 8.40. The van der Waals surface area contributed by atoms with Crippen molar-refractivity contribution >= 4 is 11.9 Å². The number of rotatable bonds is 3. The Morgan fingerprint density at radius 2 is 2.06 bits per heavy atom. The molecule has 5 nitrogen and oxygen atoms in total. The number of benzene rings is 1. The van der Waals surface area contributed by atoms with E-state index in [9.17, 15) is 19.1 Å². The molecule has 86 valence electrons. The molecule has 0 aliphatic carbocycles. The molecule has 1 rings (SSSR count). The zero-order chi connectivity index (χ0) is 12.3. The van der Waals surface area contributed by atoms with Gasteiger partial charge in [0.25, 0.3) is 5.91 Å². The lowest BCUT2D eigenvalue weighted by Gasteiger charge is -2.10. The van der Waals surface area contributed by atoms with Crippen LogP contribution in [0.25, 0.3) is 0 Å². The van der Waals surface area contributed by atoms with Crippen LogP contribution in [0.5, 0.6) is 5.75 Å². The van der Waals surface area contributed by atoms with E-state index >= 15 is 0 Å². The van der Waals surface area contributed by atoms with E-state index in [4.69, 9.17) is 5.11 Å². The van der Waals surface area contributed by atoms with Crippen molar-refractivity contribution < 1.29 is 24.2 Å². The SMILES string of the molecule is CC(NC(=O)c1c(O)cccc1F)C(=O)O. The first-order valence-corrected chi connectivity index (χ1v) is 4.44. The van der Waals surface area contributed by atoms with E-state index in [0.717, 1.165) is 12.1 Å². The average molecular weight is 227 g/mol. The highest BCUT2D eigenvalue weighted by molar-refractivity contribution is 5.98. The molecule has 3 N–H and O–H groups in total. The van der Waals surface area contributed by atoms with Gasteiger partial charge in [0.2, 0.25) is 0 Å². The van der Waals surface area contributed by atoms with Gasteiger partial charge in [-0.1, -0.05) is 6.07 Å². The maximum atomic E-state index is 13.2. The number of carboxylic acids is 1. The normalized spacial score (nSPS) is 11.9. The van der Waals surface area contributed by atoms with Crippen LogP contribution in [0.3, 0.4) is 0 Å². The molecule has 0 saturated carbocycles. The van der Waals surface area contributed by atoms with Gasteiger partial charge in [-0.25, -0.2) is 4.39 Å². The number of amides is 1. The third-order valence-corrected chi connectivity index (χ3v) is 1.94. The molecule has 16 heavy (non-hydrogen) atoms. The monoisotopic (exact) mass is 227 g/mol. The lowest BCUT2D eigenvalue weighted by molar-refractivity contribution is -0.138. The fourth-order valence-corrected chi connectivity index (χ4v) is 1.07. The Bertz CT molecular complexity index is 413. The number of halogens is 1. The van der Waals surface area contributed by atoms with Crippen molar-refractivity contribution in [2.45, 2.75) is 13.0 Å². The molecule has 0 radical (unpaired) electrons. The van der Waals surface area contributed by atoms with Gasteiger partial charge in [0.05, 0.1) is 0 Å². The Hall–Kier alpha value is -2.11. The van der Waals surface area contributed by atoms with Crippen LogP contribution >= 0.6 is 0 Å². The summed E-state index contributed by atoms with van der Waals surface area (Å²) in [6.07, 6.45) is 0. The minimum atomic E-state index is -1.25. The van der Waals surface area contributed by atoms with Crippen molar-refractivity contribution in [2.75, 3.05) is 0 Å². The van der Waals surface area contributed by atoms with E-state index in [0.29, 0.717) is 0 Å². The number of carboxylic acid groups (broad SMARTS) is 1. The van der Waals surface area contributed by atoms with Crippen LogP contribution in [0.4, 0.5) is 4.39 Å². The third kappa shape index (κ3) is 2.47. The summed E-state index contributed by atoms with van der Waals surface area (Å²) >= 11 is 0. The molecular weight excluding hydrogens is 217 g/mol. The zero-order valence-corrected chi connectivity index (χ0v) is 8.40. The van der Waals surface area contributed by atoms with Gasteiger partial charge < -0.3 is 15.5 Å². The highest BCUT2D eigenvalue weighted by Crippen LogP contribution is 2.19. The first-order valence-electron chi connectivity index (χ1n) is 4.44. The van der Waals surface area contributed by atoms with Crippen LogP contribution < -0.4 is 5.32 Å². The van der Waals surface area contributed by atoms with Gasteiger partial charge in [0.1, 0.15) is 23.2 Å². The molecule has 1 aromatic carbocycles. The number of aliphatic carboxylic acids is 1. The Labute approximate surface area is 90.5 Å². The van der Waals surface area contributed by atoms with E-state index in [1.165, 1.54) is 13.0 Å². The maximum absolute atomic E-state index is 13.2. The molecule has 1 amide bonds. The van der Waals surface area contributed by atoms with E-state index in [1.54, 1.807) is 0 Å². The summed E-state index contributed by atoms with van der Waals surface area (Å²) in [5.41, 5.74) is -0.560. The van der Waals surface area contributed by atoms with Crippen LogP contribution in [-0.4, -0.2) is 28.1 Å². The molecule has 6 heteroatoms. The molecule has 0 saturated heterocycles. The van der Waals surface area contributed by atoms with Crippen LogP contribution in [-0.2, 0) is 4.79 Å². The van der Waals surface area contributed by atoms with Crippen molar-refractivity contribution in [3.05, 3.63) is 29.6 Å². The number of nitrogens with one attached hydrogen (secondary N) is 1. The molecule has 0 aromatic heterocycles. The topological polar surface area (TPSA) is 86.6 Å². The molecule has 1 atom stereocenters. The Morgan fingerprint density at radius 3 is 2.56 bits per heavy atom. The molecule has 0 aliphatic heterocycles. The van der Waals surface area contributed by atoms with Crippen LogP contribution in [0.15, 0.2) is 18.2 Å². The van der Waals surface area contributed by atoms with E-state index in [2.05, 4.69) is 0 Å². The minimum absolute atomic E-state index is 0.532. The van der Waals surface area contributed by atoms with Crippen molar-refractivity contribution in [1.29, 1.82) is 0 Å². The predicted molar refractivity (Wildman–Crippen MR) is 52.6 cm³/mol. The predicted octanol–water partition coefficient (Wildman–Crippen LogP) is 0.734. The van der Waals surface area contributed by atoms with Crippen LogP contribution in [0.1, 0.15) is 17.3 Å². The lowest BCUT2D eigenvalue weighted by atomic mass is 10.1. The second-order valence-corrected chi connectivity index (χ2v) is 3.17. The van der Waals surface area contributed by atoms with E-state index < -0.39 is 35.0 Å². The maximum Gasteiger partial charge on any atom is 0.325 e. The van der Waals surface area contributed by atoms with Crippen LogP contribution in [0.2, 0.25) is 0 Å². The van der Waals surface area contributed by atoms with Gasteiger partial charge in [-0.15, -0.1) is 0 Å². The smallest absolute Gasteiger partial charge is 0.325 e. The number of carbonyl (C=O) groups is 2. The summed E-state index contributed by atoms with van der Waals surface area (Å²) in [5, 5.41) is 19.8. The Morgan fingerprint density at radius 1 is 1.44 bits per heavy atom. The second kappa shape index (κ2) is 4.61. The first-order chi connectivity index (χ1) is 7.43. The number of phenolic OH excluding ortho intramolecular Hbond substituents is 1.